The van der Waals surface area contributed by atoms with Crippen molar-refractivity contribution >= 4 is 16.8 Å². The first-order valence-electron chi connectivity index (χ1n) is 11.5. The van der Waals surface area contributed by atoms with Crippen LogP contribution in [0.4, 0.5) is 8.78 Å². The highest BCUT2D eigenvalue weighted by atomic mass is 19.1. The Labute approximate surface area is 197 Å². The maximum absolute atomic E-state index is 13.7. The summed E-state index contributed by atoms with van der Waals surface area (Å²) in [5, 5.41) is 1.05. The van der Waals surface area contributed by atoms with E-state index in [9.17, 15) is 13.6 Å². The van der Waals surface area contributed by atoms with E-state index in [-0.39, 0.29) is 29.9 Å². The van der Waals surface area contributed by atoms with Gasteiger partial charge >= 0.3 is 0 Å². The normalized spacial score (nSPS) is 14.9. The first-order chi connectivity index (χ1) is 16.6. The first-order valence-corrected chi connectivity index (χ1v) is 11.5. The fourth-order valence-corrected chi connectivity index (χ4v) is 4.69. The van der Waals surface area contributed by atoms with Gasteiger partial charge in [0, 0.05) is 49.1 Å². The summed E-state index contributed by atoms with van der Waals surface area (Å²) < 4.78 is 34.6. The van der Waals surface area contributed by atoms with Crippen molar-refractivity contribution in [2.45, 2.75) is 18.9 Å². The van der Waals surface area contributed by atoms with Crippen LogP contribution in [-0.4, -0.2) is 41.7 Å². The molecule has 2 heterocycles. The van der Waals surface area contributed by atoms with Gasteiger partial charge in [0.2, 0.25) is 5.91 Å². The van der Waals surface area contributed by atoms with E-state index in [2.05, 4.69) is 16.8 Å². The molecule has 1 amide bonds. The van der Waals surface area contributed by atoms with Crippen molar-refractivity contribution in [2.24, 2.45) is 0 Å². The van der Waals surface area contributed by atoms with Gasteiger partial charge in [-0.1, -0.05) is 42.5 Å². The zero-order valence-electron chi connectivity index (χ0n) is 18.8. The first kappa shape index (κ1) is 22.3. The summed E-state index contributed by atoms with van der Waals surface area (Å²) >= 11 is 0. The second-order valence-electron chi connectivity index (χ2n) is 8.66. The third-order valence-corrected chi connectivity index (χ3v) is 6.48. The largest absolute Gasteiger partial charge is 0.378 e. The molecular weight excluding hydrogens is 434 g/mol. The summed E-state index contributed by atoms with van der Waals surface area (Å²) in [6, 6.07) is 21.0. The zero-order chi connectivity index (χ0) is 23.5. The van der Waals surface area contributed by atoms with Crippen LogP contribution in [0.1, 0.15) is 29.0 Å². The van der Waals surface area contributed by atoms with Gasteiger partial charge in [0.05, 0.1) is 13.2 Å². The van der Waals surface area contributed by atoms with Gasteiger partial charge in [-0.3, -0.25) is 4.79 Å². The van der Waals surface area contributed by atoms with Crippen LogP contribution in [-0.2, 0) is 16.1 Å². The third-order valence-electron chi connectivity index (χ3n) is 6.48. The van der Waals surface area contributed by atoms with Crippen LogP contribution < -0.4 is 0 Å². The Morgan fingerprint density at radius 1 is 0.882 bits per heavy atom. The number of halogens is 2. The molecule has 1 fully saturated rings. The molecule has 4 aromatic rings. The highest BCUT2D eigenvalue weighted by Crippen LogP contribution is 2.35. The lowest BCUT2D eigenvalue weighted by atomic mass is 9.87. The van der Waals surface area contributed by atoms with Gasteiger partial charge in [0.1, 0.15) is 11.6 Å². The van der Waals surface area contributed by atoms with Crippen LogP contribution in [0, 0.1) is 11.6 Å². The lowest BCUT2D eigenvalue weighted by molar-refractivity contribution is -0.135. The van der Waals surface area contributed by atoms with E-state index in [1.807, 2.05) is 23.1 Å². The van der Waals surface area contributed by atoms with Crippen LogP contribution in [0.25, 0.3) is 10.9 Å². The SMILES string of the molecule is O=C(CC(c1ccc(F)cc1)c1cn(Cc2ccc(F)cc2)c2ccccc12)N1CCOCC1. The molecule has 6 heteroatoms. The molecule has 1 aromatic heterocycles. The molecule has 0 radical (unpaired) electrons. The van der Waals surface area contributed by atoms with Crippen LogP contribution in [0.5, 0.6) is 0 Å². The van der Waals surface area contributed by atoms with E-state index < -0.39 is 0 Å². The Hall–Kier alpha value is -3.51. The van der Waals surface area contributed by atoms with Gasteiger partial charge in [-0.25, -0.2) is 8.78 Å². The average Bonchev–Trinajstić information content (AvgIpc) is 3.23. The number of para-hydroxylation sites is 1. The highest BCUT2D eigenvalue weighted by Gasteiger charge is 2.26. The molecule has 0 spiro atoms. The van der Waals surface area contributed by atoms with Crippen LogP contribution in [0.15, 0.2) is 79.0 Å². The number of amides is 1. The number of fused-ring (bicyclic) bond motifs is 1. The van der Waals surface area contributed by atoms with E-state index in [0.717, 1.165) is 27.6 Å². The number of nitrogens with zero attached hydrogens (tertiary/aromatic N) is 2. The summed E-state index contributed by atoms with van der Waals surface area (Å²) in [7, 11) is 0. The number of aromatic nitrogens is 1. The van der Waals surface area contributed by atoms with E-state index >= 15 is 0 Å². The van der Waals surface area contributed by atoms with Gasteiger partial charge in [0.15, 0.2) is 0 Å². The second-order valence-corrected chi connectivity index (χ2v) is 8.66. The number of carbonyl (C=O) groups is 1. The predicted octanol–water partition coefficient (Wildman–Crippen LogP) is 5.35. The molecule has 0 bridgehead atoms. The minimum atomic E-state index is -0.305. The molecule has 0 saturated carbocycles. The molecule has 5 rings (SSSR count). The molecule has 0 aliphatic carbocycles. The lowest BCUT2D eigenvalue weighted by Crippen LogP contribution is -2.41. The highest BCUT2D eigenvalue weighted by molar-refractivity contribution is 5.87. The van der Waals surface area contributed by atoms with Gasteiger partial charge in [0.25, 0.3) is 0 Å². The topological polar surface area (TPSA) is 34.5 Å². The number of morpholine rings is 1. The average molecular weight is 461 g/mol. The molecule has 1 aliphatic rings. The molecule has 34 heavy (non-hydrogen) atoms. The number of hydrogen-bond acceptors (Lipinski definition) is 2. The maximum atomic E-state index is 13.7. The van der Waals surface area contributed by atoms with E-state index in [0.29, 0.717) is 32.8 Å². The summed E-state index contributed by atoms with van der Waals surface area (Å²) in [6.45, 7) is 2.84. The van der Waals surface area contributed by atoms with Gasteiger partial charge < -0.3 is 14.2 Å². The monoisotopic (exact) mass is 460 g/mol. The lowest BCUT2D eigenvalue weighted by Gasteiger charge is -2.28. The predicted molar refractivity (Wildman–Crippen MR) is 128 cm³/mol. The molecule has 174 valence electrons. The molecule has 1 aliphatic heterocycles. The van der Waals surface area contributed by atoms with Crippen molar-refractivity contribution in [3.63, 3.8) is 0 Å². The Morgan fingerprint density at radius 3 is 2.24 bits per heavy atom. The number of benzene rings is 3. The van der Waals surface area contributed by atoms with Crippen molar-refractivity contribution in [2.75, 3.05) is 26.3 Å². The van der Waals surface area contributed by atoms with Crippen molar-refractivity contribution in [3.05, 3.63) is 107 Å². The van der Waals surface area contributed by atoms with Crippen molar-refractivity contribution in [3.8, 4) is 0 Å². The fraction of sp³-hybridized carbons (Fsp3) is 0.250. The van der Waals surface area contributed by atoms with Crippen LogP contribution in [0.3, 0.4) is 0 Å². The minimum absolute atomic E-state index is 0.0630. The summed E-state index contributed by atoms with van der Waals surface area (Å²) in [5.41, 5.74) is 3.93. The molecule has 0 N–H and O–H groups in total. The summed E-state index contributed by atoms with van der Waals surface area (Å²) in [4.78, 5) is 15.1. The van der Waals surface area contributed by atoms with E-state index in [1.165, 1.54) is 24.3 Å². The van der Waals surface area contributed by atoms with Crippen molar-refractivity contribution in [1.29, 1.82) is 0 Å². The third kappa shape index (κ3) is 4.73. The summed E-state index contributed by atoms with van der Waals surface area (Å²) in [6.07, 6.45) is 2.37. The molecule has 4 nitrogen and oxygen atoms in total. The summed E-state index contributed by atoms with van der Waals surface area (Å²) in [5.74, 6) is -0.733. The van der Waals surface area contributed by atoms with Gasteiger partial charge in [-0.2, -0.15) is 0 Å². The Bertz CT molecular complexity index is 1280. The van der Waals surface area contributed by atoms with E-state index in [4.69, 9.17) is 4.74 Å². The number of hydrogen-bond donors (Lipinski definition) is 0. The van der Waals surface area contributed by atoms with Gasteiger partial charge in [-0.05, 0) is 47.0 Å². The molecular formula is C28H26F2N2O2. The van der Waals surface area contributed by atoms with Crippen LogP contribution >= 0.6 is 0 Å². The Morgan fingerprint density at radius 2 is 1.53 bits per heavy atom. The number of ether oxygens (including phenoxy) is 1. The number of carbonyl (C=O) groups excluding carboxylic acids is 1. The Balaban J connectivity index is 1.55. The maximum Gasteiger partial charge on any atom is 0.223 e. The molecule has 1 atom stereocenters. The van der Waals surface area contributed by atoms with Crippen molar-refractivity contribution < 1.29 is 18.3 Å². The second kappa shape index (κ2) is 9.77. The smallest absolute Gasteiger partial charge is 0.223 e. The van der Waals surface area contributed by atoms with E-state index in [1.54, 1.807) is 24.3 Å². The zero-order valence-corrected chi connectivity index (χ0v) is 18.8. The number of rotatable bonds is 6. The van der Waals surface area contributed by atoms with Crippen LogP contribution in [0.2, 0.25) is 0 Å². The standard InChI is InChI=1S/C28H26F2N2O2/c29-22-9-5-20(6-10-22)18-32-19-26(24-3-1-2-4-27(24)32)25(21-7-11-23(30)12-8-21)17-28(33)31-13-15-34-16-14-31/h1-12,19,25H,13-18H2. The Kier molecular flexibility index (Phi) is 6.41. The quantitative estimate of drug-likeness (QED) is 0.389. The van der Waals surface area contributed by atoms with Crippen molar-refractivity contribution in [1.82, 2.24) is 9.47 Å². The fourth-order valence-electron chi connectivity index (χ4n) is 4.69. The van der Waals surface area contributed by atoms with Gasteiger partial charge in [-0.15, -0.1) is 0 Å². The molecule has 1 saturated heterocycles. The molecule has 1 unspecified atom stereocenters. The molecule has 3 aromatic carbocycles. The minimum Gasteiger partial charge on any atom is -0.378 e.